The lowest BCUT2D eigenvalue weighted by Gasteiger charge is -2.21. The minimum absolute atomic E-state index is 0.157. The highest BCUT2D eigenvalue weighted by atomic mass is 32.2. The van der Waals surface area contributed by atoms with Crippen LogP contribution in [0, 0.1) is 6.57 Å². The van der Waals surface area contributed by atoms with Crippen molar-refractivity contribution >= 4 is 23.6 Å². The lowest BCUT2D eigenvalue weighted by molar-refractivity contribution is -0.128. The van der Waals surface area contributed by atoms with Gasteiger partial charge in [0.1, 0.15) is 33.4 Å². The standard InChI is InChI=1S/C18H17F5N2O2S/c1-24-2-3-28-10-18(27)25-17(26)4-11-12(5-19)14(7-21)16(9-23)15(8-22)13(11)6-20/h1-3H,4-10H2/p+1/b3-2-. The van der Waals surface area contributed by atoms with Crippen LogP contribution in [0.3, 0.4) is 0 Å². The van der Waals surface area contributed by atoms with Gasteiger partial charge in [0.25, 0.3) is 6.57 Å². The first-order valence-electron chi connectivity index (χ1n) is 7.95. The Morgan fingerprint density at radius 3 is 1.64 bits per heavy atom. The van der Waals surface area contributed by atoms with Gasteiger partial charge in [-0.15, -0.1) is 11.8 Å². The van der Waals surface area contributed by atoms with Crippen LogP contribution in [0.1, 0.15) is 33.4 Å². The fraction of sp³-hybridized carbons (Fsp3) is 0.389. The highest BCUT2D eigenvalue weighted by Crippen LogP contribution is 2.32. The van der Waals surface area contributed by atoms with Gasteiger partial charge in [-0.25, -0.2) is 22.0 Å². The number of hydrogen-bond donors (Lipinski definition) is 1. The highest BCUT2D eigenvalue weighted by molar-refractivity contribution is 8.02. The molecule has 0 spiro atoms. The van der Waals surface area contributed by atoms with Crippen LogP contribution in [0.15, 0.2) is 11.6 Å². The largest absolute Gasteiger partial charge is 0.311 e. The summed E-state index contributed by atoms with van der Waals surface area (Å²) in [6.45, 7) is -1.65. The average Bonchev–Trinajstić information content (AvgIpc) is 2.69. The summed E-state index contributed by atoms with van der Waals surface area (Å²) in [5, 5.41) is 3.42. The predicted octanol–water partition coefficient (Wildman–Crippen LogP) is 4.39. The molecule has 1 N–H and O–H groups in total. The molecule has 0 radical (unpaired) electrons. The maximum atomic E-state index is 13.5. The van der Waals surface area contributed by atoms with Gasteiger partial charge in [-0.05, 0) is 38.2 Å². The summed E-state index contributed by atoms with van der Waals surface area (Å²) in [5.74, 6) is -1.77. The van der Waals surface area contributed by atoms with E-state index in [-0.39, 0.29) is 11.3 Å². The summed E-state index contributed by atoms with van der Waals surface area (Å²) < 4.78 is 67.1. The third-order valence-electron chi connectivity index (χ3n) is 3.93. The zero-order chi connectivity index (χ0) is 21.1. The predicted molar refractivity (Wildman–Crippen MR) is 97.3 cm³/mol. The minimum atomic E-state index is -1.30. The second-order valence-corrected chi connectivity index (χ2v) is 6.33. The maximum absolute atomic E-state index is 13.5. The van der Waals surface area contributed by atoms with E-state index in [2.05, 4.69) is 4.85 Å². The van der Waals surface area contributed by atoms with Crippen LogP contribution in [0.25, 0.3) is 4.85 Å². The number of carbonyl (C=O) groups is 2. The molecule has 152 valence electrons. The molecule has 0 aliphatic heterocycles. The van der Waals surface area contributed by atoms with Crippen molar-refractivity contribution in [3.05, 3.63) is 49.8 Å². The van der Waals surface area contributed by atoms with Crippen LogP contribution in [0.5, 0.6) is 0 Å². The Morgan fingerprint density at radius 2 is 1.25 bits per heavy atom. The number of benzene rings is 1. The van der Waals surface area contributed by atoms with Crippen molar-refractivity contribution in [1.29, 1.82) is 0 Å². The van der Waals surface area contributed by atoms with E-state index < -0.39 is 79.4 Å². The van der Waals surface area contributed by atoms with E-state index in [0.29, 0.717) is 0 Å². The summed E-state index contributed by atoms with van der Waals surface area (Å²) in [7, 11) is 0. The summed E-state index contributed by atoms with van der Waals surface area (Å²) in [5.41, 5.74) is -2.39. The van der Waals surface area contributed by atoms with Crippen molar-refractivity contribution in [2.24, 2.45) is 0 Å². The van der Waals surface area contributed by atoms with Gasteiger partial charge in [-0.1, -0.05) is 0 Å². The third-order valence-corrected chi connectivity index (χ3v) is 4.67. The molecule has 0 saturated heterocycles. The molecule has 0 fully saturated rings. The molecular weight excluding hydrogens is 403 g/mol. The smallest absolute Gasteiger partial charge is 0.295 e. The number of hydrogen-bond acceptors (Lipinski definition) is 3. The van der Waals surface area contributed by atoms with Gasteiger partial charge in [0.2, 0.25) is 11.8 Å². The second kappa shape index (κ2) is 12.1. The molecule has 0 atom stereocenters. The number of rotatable bonds is 10. The van der Waals surface area contributed by atoms with Crippen molar-refractivity contribution in [2.75, 3.05) is 5.75 Å². The molecule has 4 nitrogen and oxygen atoms in total. The highest BCUT2D eigenvalue weighted by Gasteiger charge is 2.25. The fourth-order valence-electron chi connectivity index (χ4n) is 2.71. The van der Waals surface area contributed by atoms with Gasteiger partial charge in [-0.2, -0.15) is 0 Å². The Kier molecular flexibility index (Phi) is 10.2. The first-order chi connectivity index (χ1) is 13.5. The van der Waals surface area contributed by atoms with E-state index >= 15 is 0 Å². The Hall–Kier alpha value is -2.41. The van der Waals surface area contributed by atoms with Crippen LogP contribution in [-0.2, 0) is 49.4 Å². The van der Waals surface area contributed by atoms with Crippen molar-refractivity contribution in [2.45, 2.75) is 39.8 Å². The zero-order valence-electron chi connectivity index (χ0n) is 14.7. The zero-order valence-corrected chi connectivity index (χ0v) is 15.6. The van der Waals surface area contributed by atoms with Crippen LogP contribution in [-0.4, -0.2) is 17.6 Å². The lowest BCUT2D eigenvalue weighted by Crippen LogP contribution is -2.33. The summed E-state index contributed by atoms with van der Waals surface area (Å²) >= 11 is 0.987. The van der Waals surface area contributed by atoms with Gasteiger partial charge in [0, 0.05) is 0 Å². The molecule has 0 aliphatic rings. The summed E-state index contributed by atoms with van der Waals surface area (Å²) in [6.07, 6.45) is 0.541. The molecule has 1 aromatic carbocycles. The van der Waals surface area contributed by atoms with Crippen molar-refractivity contribution < 1.29 is 31.5 Å². The average molecular weight is 421 g/mol. The minimum Gasteiger partial charge on any atom is -0.295 e. The normalized spacial score (nSPS) is 10.9. The van der Waals surface area contributed by atoms with E-state index in [0.717, 1.165) is 11.8 Å². The van der Waals surface area contributed by atoms with Crippen LogP contribution in [0.4, 0.5) is 22.0 Å². The quantitative estimate of drug-likeness (QED) is 0.571. The first kappa shape index (κ1) is 23.6. The molecular formula is C18H18F5N2O2S+. The van der Waals surface area contributed by atoms with E-state index in [1.165, 1.54) is 11.6 Å². The second-order valence-electron chi connectivity index (χ2n) is 5.43. The number of nitrogens with one attached hydrogen (secondary N) is 1. The van der Waals surface area contributed by atoms with Crippen molar-refractivity contribution in [3.63, 3.8) is 0 Å². The van der Waals surface area contributed by atoms with Gasteiger partial charge in [0.05, 0.1) is 17.6 Å². The number of alkyl halides is 5. The molecule has 1 aromatic rings. The Morgan fingerprint density at radius 1 is 0.821 bits per heavy atom. The van der Waals surface area contributed by atoms with E-state index in [9.17, 15) is 31.5 Å². The molecule has 0 aromatic heterocycles. The third kappa shape index (κ3) is 5.79. The number of carbonyl (C=O) groups excluding carboxylic acids is 2. The van der Waals surface area contributed by atoms with E-state index in [1.54, 1.807) is 0 Å². The Balaban J connectivity index is 3.18. The van der Waals surface area contributed by atoms with E-state index in [1.807, 2.05) is 5.32 Å². The molecule has 0 bridgehead atoms. The molecule has 0 unspecified atom stereocenters. The molecule has 2 amide bonds. The summed E-state index contributed by atoms with van der Waals surface area (Å²) in [4.78, 5) is 27.0. The number of imide groups is 1. The molecule has 1 rings (SSSR count). The van der Waals surface area contributed by atoms with Crippen molar-refractivity contribution in [3.8, 4) is 6.57 Å². The van der Waals surface area contributed by atoms with Gasteiger partial charge in [0.15, 0.2) is 0 Å². The number of amides is 2. The summed E-state index contributed by atoms with van der Waals surface area (Å²) in [6, 6.07) is 0. The van der Waals surface area contributed by atoms with Gasteiger partial charge >= 0.3 is 6.20 Å². The van der Waals surface area contributed by atoms with Crippen LogP contribution < -0.4 is 5.32 Å². The monoisotopic (exact) mass is 421 g/mol. The van der Waals surface area contributed by atoms with Gasteiger partial charge < -0.3 is 0 Å². The Labute approximate surface area is 163 Å². The lowest BCUT2D eigenvalue weighted by atomic mass is 9.86. The molecule has 0 aliphatic carbocycles. The molecule has 0 heterocycles. The van der Waals surface area contributed by atoms with Crippen molar-refractivity contribution in [1.82, 2.24) is 5.32 Å². The fourth-order valence-corrected chi connectivity index (χ4v) is 3.19. The first-order valence-corrected chi connectivity index (χ1v) is 9.00. The SMILES string of the molecule is C#[N+]/C=C\SCC(=O)NC(=O)Cc1c(CF)c(CF)c(CF)c(CF)c1CF. The van der Waals surface area contributed by atoms with E-state index in [4.69, 9.17) is 6.57 Å². The topological polar surface area (TPSA) is 50.5 Å². The van der Waals surface area contributed by atoms with Crippen LogP contribution in [0.2, 0.25) is 0 Å². The maximum Gasteiger partial charge on any atom is 0.311 e. The number of thioether (sulfide) groups is 1. The van der Waals surface area contributed by atoms with Gasteiger partial charge in [-0.3, -0.25) is 14.9 Å². The molecule has 28 heavy (non-hydrogen) atoms. The van der Waals surface area contributed by atoms with Crippen LogP contribution >= 0.6 is 11.8 Å². The number of halogens is 5. The molecule has 10 heteroatoms. The number of nitrogens with zero attached hydrogens (tertiary/aromatic N) is 1. The Bertz CT molecular complexity index is 760. The molecule has 0 saturated carbocycles.